The fourth-order valence-corrected chi connectivity index (χ4v) is 4.14. The molecule has 0 radical (unpaired) electrons. The molecule has 1 aliphatic carbocycles. The lowest BCUT2D eigenvalue weighted by atomic mass is 10.0. The Morgan fingerprint density at radius 3 is 2.53 bits per heavy atom. The number of aromatic hydroxyl groups is 1. The minimum Gasteiger partial charge on any atom is -0.505 e. The zero-order chi connectivity index (χ0) is 22.8. The molecule has 1 aliphatic rings. The first-order valence-corrected chi connectivity index (χ1v) is 9.49. The van der Waals surface area contributed by atoms with Crippen molar-refractivity contribution in [3.05, 3.63) is 65.0 Å². The number of phenols is 1. The van der Waals surface area contributed by atoms with Crippen molar-refractivity contribution in [3.8, 4) is 17.0 Å². The monoisotopic (exact) mass is 447 g/mol. The number of halogens is 5. The highest BCUT2D eigenvalue weighted by Crippen LogP contribution is 2.41. The van der Waals surface area contributed by atoms with Crippen LogP contribution in [0.3, 0.4) is 0 Å². The van der Waals surface area contributed by atoms with E-state index in [0.29, 0.717) is 18.9 Å². The van der Waals surface area contributed by atoms with E-state index in [1.807, 2.05) is 0 Å². The standard InChI is InChI=1S/C21H14F5N5O/c22-12-2-1-9-4-13(5-10(9)3-12)31-20-16(19(27)28-8-29-20)18(30-31)11-6-14(21(24,25)26)17(23)15(32)7-11/h1-3,6-8,13,32H,4-5H2,(H2,27,28,29). The summed E-state index contributed by atoms with van der Waals surface area (Å²) in [6.45, 7) is 0. The molecule has 0 saturated heterocycles. The van der Waals surface area contributed by atoms with Crippen LogP contribution in [0.2, 0.25) is 0 Å². The van der Waals surface area contributed by atoms with Crippen LogP contribution in [0.4, 0.5) is 27.8 Å². The molecule has 0 saturated carbocycles. The molecule has 2 aromatic heterocycles. The second-order valence-electron chi connectivity index (χ2n) is 7.58. The van der Waals surface area contributed by atoms with Crippen LogP contribution in [0, 0.1) is 11.6 Å². The fraction of sp³-hybridized carbons (Fsp3) is 0.190. The summed E-state index contributed by atoms with van der Waals surface area (Å²) in [5.41, 5.74) is 6.12. The first-order valence-electron chi connectivity index (χ1n) is 9.49. The number of nitrogens with two attached hydrogens (primary N) is 1. The van der Waals surface area contributed by atoms with Crippen molar-refractivity contribution in [1.82, 2.24) is 19.7 Å². The van der Waals surface area contributed by atoms with Crippen LogP contribution >= 0.6 is 0 Å². The summed E-state index contributed by atoms with van der Waals surface area (Å²) in [6.07, 6.45) is -2.91. The number of hydrogen-bond donors (Lipinski definition) is 2. The summed E-state index contributed by atoms with van der Waals surface area (Å²) in [4.78, 5) is 8.10. The van der Waals surface area contributed by atoms with Crippen LogP contribution < -0.4 is 5.73 Å². The Balaban J connectivity index is 1.69. The van der Waals surface area contributed by atoms with Gasteiger partial charge in [0.2, 0.25) is 0 Å². The molecule has 5 rings (SSSR count). The molecule has 32 heavy (non-hydrogen) atoms. The zero-order valence-electron chi connectivity index (χ0n) is 16.2. The van der Waals surface area contributed by atoms with Gasteiger partial charge in [-0.3, -0.25) is 0 Å². The van der Waals surface area contributed by atoms with Crippen molar-refractivity contribution in [2.75, 3.05) is 5.73 Å². The molecule has 0 aliphatic heterocycles. The number of nitrogen functional groups attached to an aromatic ring is 1. The Kier molecular flexibility index (Phi) is 4.33. The topological polar surface area (TPSA) is 89.8 Å². The number of fused-ring (bicyclic) bond motifs is 2. The number of nitrogens with zero attached hydrogens (tertiary/aromatic N) is 4. The van der Waals surface area contributed by atoms with Gasteiger partial charge >= 0.3 is 6.18 Å². The SMILES string of the molecule is Nc1ncnc2c1c(-c1cc(O)c(F)c(C(F)(F)F)c1)nn2C1Cc2ccc(F)cc2C1. The normalized spacial score (nSPS) is 16.0. The van der Waals surface area contributed by atoms with Crippen molar-refractivity contribution in [3.63, 3.8) is 0 Å². The van der Waals surface area contributed by atoms with Crippen LogP contribution in [0.1, 0.15) is 22.7 Å². The molecule has 0 spiro atoms. The van der Waals surface area contributed by atoms with Crippen LogP contribution in [-0.4, -0.2) is 24.9 Å². The Morgan fingerprint density at radius 2 is 1.78 bits per heavy atom. The quantitative estimate of drug-likeness (QED) is 0.444. The Bertz CT molecular complexity index is 1380. The lowest BCUT2D eigenvalue weighted by Gasteiger charge is -2.11. The summed E-state index contributed by atoms with van der Waals surface area (Å²) >= 11 is 0. The molecular formula is C21H14F5N5O. The Hall–Kier alpha value is -3.76. The molecule has 2 heterocycles. The average molecular weight is 447 g/mol. The van der Waals surface area contributed by atoms with Crippen molar-refractivity contribution >= 4 is 16.9 Å². The smallest absolute Gasteiger partial charge is 0.419 e. The average Bonchev–Trinajstić information content (AvgIpc) is 3.30. The van der Waals surface area contributed by atoms with Crippen LogP contribution in [0.15, 0.2) is 36.7 Å². The van der Waals surface area contributed by atoms with E-state index in [1.165, 1.54) is 23.1 Å². The second kappa shape index (κ2) is 6.87. The number of phenolic OH excluding ortho intramolecular Hbond substituents is 1. The molecule has 0 bridgehead atoms. The molecule has 0 fully saturated rings. The van der Waals surface area contributed by atoms with Crippen LogP contribution in [-0.2, 0) is 19.0 Å². The summed E-state index contributed by atoms with van der Waals surface area (Å²) < 4.78 is 69.0. The second-order valence-corrected chi connectivity index (χ2v) is 7.58. The maximum absolute atomic E-state index is 13.9. The Morgan fingerprint density at radius 1 is 1.03 bits per heavy atom. The molecular weight excluding hydrogens is 433 g/mol. The van der Waals surface area contributed by atoms with Gasteiger partial charge in [-0.25, -0.2) is 23.4 Å². The van der Waals surface area contributed by atoms with E-state index in [2.05, 4.69) is 15.1 Å². The molecule has 4 aromatic rings. The molecule has 1 unspecified atom stereocenters. The third kappa shape index (κ3) is 3.12. The van der Waals surface area contributed by atoms with Gasteiger partial charge in [-0.05, 0) is 48.2 Å². The lowest BCUT2D eigenvalue weighted by Crippen LogP contribution is -2.11. The molecule has 1 atom stereocenters. The molecule has 0 amide bonds. The van der Waals surface area contributed by atoms with Crippen molar-refractivity contribution < 1.29 is 27.1 Å². The van der Waals surface area contributed by atoms with E-state index >= 15 is 0 Å². The number of benzene rings is 2. The zero-order valence-corrected chi connectivity index (χ0v) is 16.2. The van der Waals surface area contributed by atoms with Crippen molar-refractivity contribution in [1.29, 1.82) is 0 Å². The van der Waals surface area contributed by atoms with E-state index in [9.17, 15) is 27.1 Å². The Labute approximate surface area is 177 Å². The molecule has 2 aromatic carbocycles. The number of aromatic nitrogens is 4. The maximum Gasteiger partial charge on any atom is 0.419 e. The molecule has 11 heteroatoms. The van der Waals surface area contributed by atoms with E-state index in [0.717, 1.165) is 17.2 Å². The maximum atomic E-state index is 13.9. The number of anilines is 1. The summed E-state index contributed by atoms with van der Waals surface area (Å²) in [6, 6.07) is 5.57. The highest BCUT2D eigenvalue weighted by Gasteiger charge is 2.37. The first-order chi connectivity index (χ1) is 15.1. The largest absolute Gasteiger partial charge is 0.505 e. The fourth-order valence-electron chi connectivity index (χ4n) is 4.14. The van der Waals surface area contributed by atoms with E-state index < -0.39 is 23.3 Å². The van der Waals surface area contributed by atoms with Gasteiger partial charge in [-0.2, -0.15) is 18.3 Å². The first kappa shape index (κ1) is 20.2. The molecule has 6 nitrogen and oxygen atoms in total. The number of hydrogen-bond acceptors (Lipinski definition) is 5. The highest BCUT2D eigenvalue weighted by molar-refractivity contribution is 5.98. The van der Waals surface area contributed by atoms with E-state index in [4.69, 9.17) is 5.73 Å². The van der Waals surface area contributed by atoms with Crippen molar-refractivity contribution in [2.24, 2.45) is 0 Å². The van der Waals surface area contributed by atoms with Crippen LogP contribution in [0.5, 0.6) is 5.75 Å². The van der Waals surface area contributed by atoms with Crippen LogP contribution in [0.25, 0.3) is 22.3 Å². The van der Waals surface area contributed by atoms with Gasteiger partial charge in [0.15, 0.2) is 17.2 Å². The molecule has 164 valence electrons. The molecule has 3 N–H and O–H groups in total. The summed E-state index contributed by atoms with van der Waals surface area (Å²) in [5, 5.41) is 14.4. The predicted octanol–water partition coefficient (Wildman–Crippen LogP) is 4.42. The van der Waals surface area contributed by atoms with Gasteiger partial charge in [-0.1, -0.05) is 6.07 Å². The van der Waals surface area contributed by atoms with Gasteiger partial charge in [0.25, 0.3) is 0 Å². The summed E-state index contributed by atoms with van der Waals surface area (Å²) in [7, 11) is 0. The van der Waals surface area contributed by atoms with Gasteiger partial charge in [0.1, 0.15) is 23.7 Å². The van der Waals surface area contributed by atoms with E-state index in [1.54, 1.807) is 6.07 Å². The minimum atomic E-state index is -5.03. The van der Waals surface area contributed by atoms with Gasteiger partial charge < -0.3 is 10.8 Å². The van der Waals surface area contributed by atoms with Gasteiger partial charge in [0.05, 0.1) is 17.0 Å². The van der Waals surface area contributed by atoms with Gasteiger partial charge in [-0.15, -0.1) is 0 Å². The summed E-state index contributed by atoms with van der Waals surface area (Å²) in [5.74, 6) is -3.35. The van der Waals surface area contributed by atoms with Crippen molar-refractivity contribution in [2.45, 2.75) is 25.1 Å². The highest BCUT2D eigenvalue weighted by atomic mass is 19.4. The minimum absolute atomic E-state index is 0.0268. The number of rotatable bonds is 2. The third-order valence-electron chi connectivity index (χ3n) is 5.58. The van der Waals surface area contributed by atoms with E-state index in [-0.39, 0.29) is 40.0 Å². The number of alkyl halides is 3. The van der Waals surface area contributed by atoms with Gasteiger partial charge in [0, 0.05) is 5.56 Å². The predicted molar refractivity (Wildman–Crippen MR) is 105 cm³/mol. The third-order valence-corrected chi connectivity index (χ3v) is 5.58. The lowest BCUT2D eigenvalue weighted by molar-refractivity contribution is -0.140.